The Labute approximate surface area is 117 Å². The van der Waals surface area contributed by atoms with Crippen molar-refractivity contribution in [1.82, 2.24) is 10.2 Å². The molecular formula is C10H4F4N2O2S2. The van der Waals surface area contributed by atoms with E-state index in [4.69, 9.17) is 5.11 Å². The standard InChI is InChI=1S/C10H4F4N2O2S2/c11-6-2-1-4(3-5(6)7(17)18)19-9-16-15-8(20-9)10(12,13)14/h1-3H,(H,17,18). The van der Waals surface area contributed by atoms with Crippen LogP contribution in [0.2, 0.25) is 0 Å². The maximum Gasteiger partial charge on any atom is 0.445 e. The van der Waals surface area contributed by atoms with Gasteiger partial charge in [-0.3, -0.25) is 0 Å². The third kappa shape index (κ3) is 3.25. The zero-order chi connectivity index (χ0) is 14.9. The fourth-order valence-electron chi connectivity index (χ4n) is 1.20. The van der Waals surface area contributed by atoms with Crippen molar-refractivity contribution in [3.05, 3.63) is 34.6 Å². The number of carbonyl (C=O) groups is 1. The van der Waals surface area contributed by atoms with Crippen LogP contribution in [-0.4, -0.2) is 21.3 Å². The molecule has 20 heavy (non-hydrogen) atoms. The average Bonchev–Trinajstić information content (AvgIpc) is 2.79. The van der Waals surface area contributed by atoms with E-state index in [1.54, 1.807) is 0 Å². The first kappa shape index (κ1) is 14.7. The van der Waals surface area contributed by atoms with Crippen LogP contribution in [0.4, 0.5) is 17.6 Å². The Morgan fingerprint density at radius 2 is 2.00 bits per heavy atom. The van der Waals surface area contributed by atoms with Crippen LogP contribution in [0.1, 0.15) is 15.4 Å². The van der Waals surface area contributed by atoms with Crippen molar-refractivity contribution in [3.8, 4) is 0 Å². The predicted octanol–water partition coefficient (Wildman–Crippen LogP) is 3.55. The van der Waals surface area contributed by atoms with Gasteiger partial charge in [-0.2, -0.15) is 13.2 Å². The van der Waals surface area contributed by atoms with Crippen LogP contribution in [-0.2, 0) is 6.18 Å². The molecule has 0 unspecified atom stereocenters. The number of hydrogen-bond donors (Lipinski definition) is 1. The van der Waals surface area contributed by atoms with Crippen LogP contribution < -0.4 is 0 Å². The second-order valence-corrected chi connectivity index (χ2v) is 5.72. The number of carboxylic acid groups (broad SMARTS) is 1. The maximum absolute atomic E-state index is 13.2. The fraction of sp³-hybridized carbons (Fsp3) is 0.100. The number of alkyl halides is 3. The number of benzene rings is 1. The highest BCUT2D eigenvalue weighted by Gasteiger charge is 2.35. The van der Waals surface area contributed by atoms with Crippen LogP contribution in [0.15, 0.2) is 27.4 Å². The Balaban J connectivity index is 2.24. The molecule has 0 saturated heterocycles. The molecule has 1 N–H and O–H groups in total. The van der Waals surface area contributed by atoms with E-state index in [1.165, 1.54) is 6.07 Å². The van der Waals surface area contributed by atoms with Gasteiger partial charge in [0, 0.05) is 4.90 Å². The van der Waals surface area contributed by atoms with Crippen LogP contribution >= 0.6 is 23.1 Å². The van der Waals surface area contributed by atoms with Gasteiger partial charge in [0.05, 0.1) is 5.56 Å². The van der Waals surface area contributed by atoms with E-state index < -0.39 is 28.5 Å². The summed E-state index contributed by atoms with van der Waals surface area (Å²) in [5, 5.41) is 14.0. The summed E-state index contributed by atoms with van der Waals surface area (Å²) in [5.41, 5.74) is -0.560. The van der Waals surface area contributed by atoms with E-state index in [0.29, 0.717) is 11.3 Å². The van der Waals surface area contributed by atoms with Gasteiger partial charge in [-0.25, -0.2) is 9.18 Å². The fourth-order valence-corrected chi connectivity index (χ4v) is 2.93. The van der Waals surface area contributed by atoms with Crippen molar-refractivity contribution in [1.29, 1.82) is 0 Å². The second-order valence-electron chi connectivity index (χ2n) is 3.42. The van der Waals surface area contributed by atoms with Gasteiger partial charge in [-0.1, -0.05) is 23.1 Å². The van der Waals surface area contributed by atoms with Crippen LogP contribution in [0, 0.1) is 5.82 Å². The summed E-state index contributed by atoms with van der Waals surface area (Å²) in [5.74, 6) is -2.38. The molecule has 0 fully saturated rings. The molecule has 1 heterocycles. The lowest BCUT2D eigenvalue weighted by Gasteiger charge is -2.01. The van der Waals surface area contributed by atoms with Gasteiger partial charge < -0.3 is 5.11 Å². The number of hydrogen-bond acceptors (Lipinski definition) is 5. The van der Waals surface area contributed by atoms with Crippen molar-refractivity contribution >= 4 is 29.1 Å². The predicted molar refractivity (Wildman–Crippen MR) is 62.4 cm³/mol. The van der Waals surface area contributed by atoms with Gasteiger partial charge in [0.1, 0.15) is 5.82 Å². The molecule has 0 spiro atoms. The molecular weight excluding hydrogens is 320 g/mol. The first-order valence-electron chi connectivity index (χ1n) is 4.89. The molecule has 4 nitrogen and oxygen atoms in total. The largest absolute Gasteiger partial charge is 0.478 e. The molecule has 0 amide bonds. The third-order valence-corrected chi connectivity index (χ3v) is 4.03. The summed E-state index contributed by atoms with van der Waals surface area (Å²) in [6.45, 7) is 0. The monoisotopic (exact) mass is 324 g/mol. The number of aromatic carboxylic acids is 1. The Bertz CT molecular complexity index is 657. The summed E-state index contributed by atoms with van der Waals surface area (Å²) < 4.78 is 50.1. The minimum atomic E-state index is -4.58. The Morgan fingerprint density at radius 3 is 2.55 bits per heavy atom. The lowest BCUT2D eigenvalue weighted by atomic mass is 10.2. The lowest BCUT2D eigenvalue weighted by Crippen LogP contribution is -2.03. The normalized spacial score (nSPS) is 11.6. The highest BCUT2D eigenvalue weighted by molar-refractivity contribution is 8.01. The van der Waals surface area contributed by atoms with E-state index in [1.807, 2.05) is 0 Å². The van der Waals surface area contributed by atoms with Gasteiger partial charge in [-0.05, 0) is 18.2 Å². The van der Waals surface area contributed by atoms with Crippen molar-refractivity contribution in [2.24, 2.45) is 0 Å². The van der Waals surface area contributed by atoms with Gasteiger partial charge in [0.15, 0.2) is 4.34 Å². The van der Waals surface area contributed by atoms with E-state index >= 15 is 0 Å². The molecule has 0 atom stereocenters. The second kappa shape index (κ2) is 5.37. The zero-order valence-corrected chi connectivity index (χ0v) is 10.9. The molecule has 0 bridgehead atoms. The first-order valence-corrected chi connectivity index (χ1v) is 6.52. The topological polar surface area (TPSA) is 63.1 Å². The van der Waals surface area contributed by atoms with E-state index in [0.717, 1.165) is 23.9 Å². The quantitative estimate of drug-likeness (QED) is 0.875. The van der Waals surface area contributed by atoms with Gasteiger partial charge >= 0.3 is 12.1 Å². The third-order valence-electron chi connectivity index (χ3n) is 2.02. The van der Waals surface area contributed by atoms with E-state index in [-0.39, 0.29) is 9.24 Å². The van der Waals surface area contributed by atoms with Crippen molar-refractivity contribution in [3.63, 3.8) is 0 Å². The molecule has 0 radical (unpaired) electrons. The Hall–Kier alpha value is -1.68. The molecule has 10 heteroatoms. The van der Waals surface area contributed by atoms with Crippen molar-refractivity contribution in [2.75, 3.05) is 0 Å². The highest BCUT2D eigenvalue weighted by Crippen LogP contribution is 2.37. The molecule has 0 aliphatic heterocycles. The maximum atomic E-state index is 13.2. The summed E-state index contributed by atoms with van der Waals surface area (Å²) in [7, 11) is 0. The minimum Gasteiger partial charge on any atom is -0.478 e. The smallest absolute Gasteiger partial charge is 0.445 e. The molecule has 0 aliphatic rings. The highest BCUT2D eigenvalue weighted by atomic mass is 32.2. The molecule has 2 aromatic rings. The summed E-state index contributed by atoms with van der Waals surface area (Å²) in [6, 6.07) is 3.20. The summed E-state index contributed by atoms with van der Waals surface area (Å²) in [4.78, 5) is 11.0. The first-order chi connectivity index (χ1) is 9.27. The number of nitrogens with zero attached hydrogens (tertiary/aromatic N) is 2. The molecule has 0 aliphatic carbocycles. The van der Waals surface area contributed by atoms with Gasteiger partial charge in [0.25, 0.3) is 0 Å². The molecule has 106 valence electrons. The molecule has 1 aromatic heterocycles. The van der Waals surface area contributed by atoms with Crippen LogP contribution in [0.25, 0.3) is 0 Å². The molecule has 0 saturated carbocycles. The SMILES string of the molecule is O=C(O)c1cc(Sc2nnc(C(F)(F)F)s2)ccc1F. The average molecular weight is 324 g/mol. The zero-order valence-electron chi connectivity index (χ0n) is 9.31. The Morgan fingerprint density at radius 1 is 1.30 bits per heavy atom. The molecule has 1 aromatic carbocycles. The van der Waals surface area contributed by atoms with Gasteiger partial charge in [-0.15, -0.1) is 10.2 Å². The number of halogens is 4. The van der Waals surface area contributed by atoms with E-state index in [2.05, 4.69) is 10.2 Å². The van der Waals surface area contributed by atoms with Crippen molar-refractivity contribution < 1.29 is 27.5 Å². The Kier molecular flexibility index (Phi) is 3.95. The minimum absolute atomic E-state index is 0.0136. The van der Waals surface area contributed by atoms with Gasteiger partial charge in [0.2, 0.25) is 5.01 Å². The molecule has 2 rings (SSSR count). The van der Waals surface area contributed by atoms with Crippen LogP contribution in [0.3, 0.4) is 0 Å². The van der Waals surface area contributed by atoms with Crippen molar-refractivity contribution in [2.45, 2.75) is 15.4 Å². The summed E-state index contributed by atoms with van der Waals surface area (Å²) in [6.07, 6.45) is -4.58. The van der Waals surface area contributed by atoms with Crippen LogP contribution in [0.5, 0.6) is 0 Å². The lowest BCUT2D eigenvalue weighted by molar-refractivity contribution is -0.138. The number of rotatable bonds is 3. The number of aromatic nitrogens is 2. The summed E-state index contributed by atoms with van der Waals surface area (Å²) >= 11 is 1.11. The number of carboxylic acids is 1. The van der Waals surface area contributed by atoms with E-state index in [9.17, 15) is 22.4 Å².